The van der Waals surface area contributed by atoms with E-state index in [-0.39, 0.29) is 18.6 Å². The lowest BCUT2D eigenvalue weighted by molar-refractivity contribution is -0.135. The minimum atomic E-state index is 0.143. The van der Waals surface area contributed by atoms with E-state index in [0.29, 0.717) is 12.5 Å². The number of piperidine rings is 1. The van der Waals surface area contributed by atoms with Crippen LogP contribution < -0.4 is 0 Å². The summed E-state index contributed by atoms with van der Waals surface area (Å²) in [7, 11) is 0. The van der Waals surface area contributed by atoms with Crippen molar-refractivity contribution in [3.63, 3.8) is 0 Å². The number of carbonyl (C=O) groups is 1. The predicted octanol–water partition coefficient (Wildman–Crippen LogP) is 1.73. The Balaban J connectivity index is 1.61. The molecule has 0 spiro atoms. The minimum absolute atomic E-state index is 0.143. The Kier molecular flexibility index (Phi) is 4.62. The van der Waals surface area contributed by atoms with Crippen LogP contribution in [0.25, 0.3) is 0 Å². The molecule has 1 amide bonds. The quantitative estimate of drug-likeness (QED) is 0.925. The maximum absolute atomic E-state index is 12.6. The molecule has 1 saturated heterocycles. The molecular weight excluding hydrogens is 284 g/mol. The van der Waals surface area contributed by atoms with Gasteiger partial charge in [0, 0.05) is 24.0 Å². The number of amides is 1. The van der Waals surface area contributed by atoms with Gasteiger partial charge in [-0.2, -0.15) is 0 Å². The molecule has 0 saturated carbocycles. The number of rotatable bonds is 3. The van der Waals surface area contributed by atoms with Gasteiger partial charge < -0.3 is 10.0 Å². The first-order chi connectivity index (χ1) is 10.2. The maximum Gasteiger partial charge on any atom is 0.237 e. The van der Waals surface area contributed by atoms with Crippen molar-refractivity contribution in [1.82, 2.24) is 9.80 Å². The number of hydrogen-bond acceptors (Lipinski definition) is 4. The molecule has 4 nitrogen and oxygen atoms in total. The van der Waals surface area contributed by atoms with Gasteiger partial charge in [0.15, 0.2) is 0 Å². The highest BCUT2D eigenvalue weighted by molar-refractivity contribution is 7.10. The molecule has 116 valence electrons. The molecular formula is C16H24N2O2S. The summed E-state index contributed by atoms with van der Waals surface area (Å²) in [6.07, 6.45) is 3.26. The van der Waals surface area contributed by atoms with Crippen LogP contribution in [0, 0.1) is 5.92 Å². The molecule has 3 heterocycles. The van der Waals surface area contributed by atoms with Crippen LogP contribution in [0.2, 0.25) is 0 Å². The van der Waals surface area contributed by atoms with Crippen LogP contribution in [0.3, 0.4) is 0 Å². The zero-order chi connectivity index (χ0) is 14.8. The Morgan fingerprint density at radius 1 is 1.48 bits per heavy atom. The van der Waals surface area contributed by atoms with Crippen LogP contribution in [0.4, 0.5) is 0 Å². The standard InChI is InChI=1S/C16H24N2O2S/c1-12-3-2-6-17(14(12)11-19)10-16(20)18-7-4-15-13(9-18)5-8-21-15/h5,8,12,14,19H,2-4,6-7,9-11H2,1H3. The number of likely N-dealkylation sites (tertiary alicyclic amines) is 1. The van der Waals surface area contributed by atoms with Crippen molar-refractivity contribution in [2.24, 2.45) is 5.92 Å². The number of aliphatic hydroxyl groups is 1. The molecule has 1 aromatic rings. The fraction of sp³-hybridized carbons (Fsp3) is 0.688. The van der Waals surface area contributed by atoms with Crippen molar-refractivity contribution in [2.75, 3.05) is 26.2 Å². The summed E-state index contributed by atoms with van der Waals surface area (Å²) >= 11 is 1.80. The number of aliphatic hydroxyl groups excluding tert-OH is 1. The topological polar surface area (TPSA) is 43.8 Å². The van der Waals surface area contributed by atoms with Crippen molar-refractivity contribution < 1.29 is 9.90 Å². The summed E-state index contributed by atoms with van der Waals surface area (Å²) in [6, 6.07) is 2.28. The van der Waals surface area contributed by atoms with Gasteiger partial charge in [-0.3, -0.25) is 9.69 Å². The Bertz CT molecular complexity index is 502. The number of hydrogen-bond donors (Lipinski definition) is 1. The molecule has 0 aliphatic carbocycles. The van der Waals surface area contributed by atoms with Gasteiger partial charge in [0.25, 0.3) is 0 Å². The van der Waals surface area contributed by atoms with Gasteiger partial charge >= 0.3 is 0 Å². The fourth-order valence-corrected chi connectivity index (χ4v) is 4.45. The molecule has 2 aliphatic heterocycles. The summed E-state index contributed by atoms with van der Waals surface area (Å²) < 4.78 is 0. The van der Waals surface area contributed by atoms with E-state index in [2.05, 4.69) is 23.3 Å². The van der Waals surface area contributed by atoms with E-state index in [9.17, 15) is 9.90 Å². The molecule has 1 N–H and O–H groups in total. The minimum Gasteiger partial charge on any atom is -0.395 e. The second-order valence-electron chi connectivity index (χ2n) is 6.27. The third-order valence-corrected chi connectivity index (χ3v) is 5.94. The van der Waals surface area contributed by atoms with Gasteiger partial charge in [-0.05, 0) is 48.7 Å². The Morgan fingerprint density at radius 2 is 2.33 bits per heavy atom. The number of fused-ring (bicyclic) bond motifs is 1. The average molecular weight is 308 g/mol. The van der Waals surface area contributed by atoms with Crippen LogP contribution in [0.1, 0.15) is 30.2 Å². The summed E-state index contributed by atoms with van der Waals surface area (Å²) in [5.74, 6) is 0.681. The van der Waals surface area contributed by atoms with Crippen LogP contribution in [-0.4, -0.2) is 53.1 Å². The normalized spacial score (nSPS) is 26.7. The van der Waals surface area contributed by atoms with E-state index >= 15 is 0 Å². The first-order valence-electron chi connectivity index (χ1n) is 7.87. The Labute approximate surface area is 130 Å². The smallest absolute Gasteiger partial charge is 0.237 e. The molecule has 2 unspecified atom stereocenters. The van der Waals surface area contributed by atoms with E-state index in [1.807, 2.05) is 4.90 Å². The molecule has 0 aromatic carbocycles. The van der Waals surface area contributed by atoms with Crippen molar-refractivity contribution in [1.29, 1.82) is 0 Å². The second kappa shape index (κ2) is 6.46. The Morgan fingerprint density at radius 3 is 3.14 bits per heavy atom. The van der Waals surface area contributed by atoms with E-state index in [1.165, 1.54) is 10.4 Å². The lowest BCUT2D eigenvalue weighted by Gasteiger charge is -2.39. The van der Waals surface area contributed by atoms with Gasteiger partial charge in [0.2, 0.25) is 5.91 Å². The van der Waals surface area contributed by atoms with Gasteiger partial charge in [0.05, 0.1) is 13.2 Å². The zero-order valence-electron chi connectivity index (χ0n) is 12.6. The van der Waals surface area contributed by atoms with Crippen LogP contribution in [-0.2, 0) is 17.8 Å². The summed E-state index contributed by atoms with van der Waals surface area (Å²) in [5, 5.41) is 11.7. The molecule has 5 heteroatoms. The highest BCUT2D eigenvalue weighted by Gasteiger charge is 2.31. The maximum atomic E-state index is 12.6. The largest absolute Gasteiger partial charge is 0.395 e. The molecule has 2 atom stereocenters. The molecule has 2 aliphatic rings. The molecule has 3 rings (SSSR count). The Hall–Kier alpha value is -0.910. The van der Waals surface area contributed by atoms with Crippen molar-refractivity contribution >= 4 is 17.2 Å². The lowest BCUT2D eigenvalue weighted by atomic mass is 9.91. The first kappa shape index (κ1) is 15.0. The summed E-state index contributed by atoms with van der Waals surface area (Å²) in [6.45, 7) is 5.30. The monoisotopic (exact) mass is 308 g/mol. The number of nitrogens with zero attached hydrogens (tertiary/aromatic N) is 2. The predicted molar refractivity (Wildman–Crippen MR) is 84.3 cm³/mol. The van der Waals surface area contributed by atoms with E-state index in [1.54, 1.807) is 11.3 Å². The van der Waals surface area contributed by atoms with Crippen molar-refractivity contribution in [2.45, 2.75) is 38.8 Å². The SMILES string of the molecule is CC1CCCN(CC(=O)N2CCc3sccc3C2)C1CO. The third-order valence-electron chi connectivity index (χ3n) is 4.92. The third kappa shape index (κ3) is 3.15. The van der Waals surface area contributed by atoms with Gasteiger partial charge in [-0.25, -0.2) is 0 Å². The van der Waals surface area contributed by atoms with Crippen LogP contribution >= 0.6 is 11.3 Å². The summed E-state index contributed by atoms with van der Waals surface area (Å²) in [5.41, 5.74) is 1.31. The molecule has 21 heavy (non-hydrogen) atoms. The van der Waals surface area contributed by atoms with Crippen LogP contribution in [0.15, 0.2) is 11.4 Å². The zero-order valence-corrected chi connectivity index (χ0v) is 13.4. The highest BCUT2D eigenvalue weighted by atomic mass is 32.1. The second-order valence-corrected chi connectivity index (χ2v) is 7.27. The van der Waals surface area contributed by atoms with E-state index in [4.69, 9.17) is 0 Å². The van der Waals surface area contributed by atoms with Gasteiger partial charge in [0.1, 0.15) is 0 Å². The van der Waals surface area contributed by atoms with Crippen molar-refractivity contribution in [3.8, 4) is 0 Å². The molecule has 0 bridgehead atoms. The number of thiophene rings is 1. The average Bonchev–Trinajstić information content (AvgIpc) is 2.94. The molecule has 1 fully saturated rings. The summed E-state index contributed by atoms with van der Waals surface area (Å²) in [4.78, 5) is 18.2. The first-order valence-corrected chi connectivity index (χ1v) is 8.75. The number of carbonyl (C=O) groups excluding carboxylic acids is 1. The fourth-order valence-electron chi connectivity index (χ4n) is 3.56. The van der Waals surface area contributed by atoms with Gasteiger partial charge in [-0.1, -0.05) is 6.92 Å². The molecule has 0 radical (unpaired) electrons. The lowest BCUT2D eigenvalue weighted by Crippen LogP contribution is -2.51. The highest BCUT2D eigenvalue weighted by Crippen LogP contribution is 2.26. The van der Waals surface area contributed by atoms with E-state index in [0.717, 1.165) is 38.9 Å². The van der Waals surface area contributed by atoms with Crippen molar-refractivity contribution in [3.05, 3.63) is 21.9 Å². The molecule has 1 aromatic heterocycles. The van der Waals surface area contributed by atoms with Crippen LogP contribution in [0.5, 0.6) is 0 Å². The van der Waals surface area contributed by atoms with Gasteiger partial charge in [-0.15, -0.1) is 11.3 Å². The van der Waals surface area contributed by atoms with E-state index < -0.39 is 0 Å².